The number of carbonyl (C=O) groups excluding carboxylic acids is 2. The Morgan fingerprint density at radius 2 is 1.60 bits per heavy atom. The number of nitrogens with one attached hydrogen (secondary N) is 1. The molecule has 0 saturated heterocycles. The molecule has 0 radical (unpaired) electrons. The van der Waals surface area contributed by atoms with Gasteiger partial charge in [-0.2, -0.15) is 0 Å². The molecule has 1 N–H and O–H groups in total. The van der Waals surface area contributed by atoms with E-state index in [1.165, 1.54) is 0 Å². The van der Waals surface area contributed by atoms with Crippen molar-refractivity contribution >= 4 is 11.9 Å². The molecule has 2 aromatic rings. The maximum Gasteiger partial charge on any atom is 0.325 e. The highest BCUT2D eigenvalue weighted by Crippen LogP contribution is 2.12. The lowest BCUT2D eigenvalue weighted by Gasteiger charge is -2.19. The van der Waals surface area contributed by atoms with Gasteiger partial charge < -0.3 is 14.8 Å². The van der Waals surface area contributed by atoms with Gasteiger partial charge in [0.25, 0.3) is 5.91 Å². The molecule has 5 nitrogen and oxygen atoms in total. The Morgan fingerprint density at radius 1 is 0.960 bits per heavy atom. The van der Waals surface area contributed by atoms with Crippen molar-refractivity contribution in [2.75, 3.05) is 6.54 Å². The largest absolute Gasteiger partial charge is 0.489 e. The Balaban J connectivity index is 1.82. The van der Waals surface area contributed by atoms with Crippen LogP contribution in [-0.2, 0) is 16.1 Å². The third-order valence-corrected chi connectivity index (χ3v) is 3.18. The number of hydrogen-bond acceptors (Lipinski definition) is 4. The number of amides is 1. The van der Waals surface area contributed by atoms with Crippen LogP contribution in [0, 0.1) is 0 Å². The lowest BCUT2D eigenvalue weighted by molar-refractivity contribution is -0.153. The van der Waals surface area contributed by atoms with Crippen molar-refractivity contribution < 1.29 is 19.1 Å². The van der Waals surface area contributed by atoms with Gasteiger partial charge in [0.15, 0.2) is 0 Å². The van der Waals surface area contributed by atoms with Gasteiger partial charge in [-0.25, -0.2) is 0 Å². The van der Waals surface area contributed by atoms with Crippen molar-refractivity contribution in [2.24, 2.45) is 0 Å². The molecular formula is C20H23NO4. The molecule has 2 rings (SSSR count). The summed E-state index contributed by atoms with van der Waals surface area (Å²) in [6.07, 6.45) is 0. The number of carbonyl (C=O) groups is 2. The number of esters is 1. The molecule has 0 aliphatic heterocycles. The van der Waals surface area contributed by atoms with Crippen LogP contribution in [0.25, 0.3) is 0 Å². The molecule has 0 bridgehead atoms. The summed E-state index contributed by atoms with van der Waals surface area (Å²) in [4.78, 5) is 23.7. The van der Waals surface area contributed by atoms with E-state index in [9.17, 15) is 9.59 Å². The van der Waals surface area contributed by atoms with Gasteiger partial charge in [0.1, 0.15) is 24.5 Å². The second-order valence-electron chi connectivity index (χ2n) is 6.57. The molecule has 132 valence electrons. The number of hydrogen-bond donors (Lipinski definition) is 1. The highest BCUT2D eigenvalue weighted by atomic mass is 16.6. The van der Waals surface area contributed by atoms with Crippen molar-refractivity contribution in [3.8, 4) is 5.75 Å². The summed E-state index contributed by atoms with van der Waals surface area (Å²) in [5.74, 6) is 0.0109. The van der Waals surface area contributed by atoms with Crippen LogP contribution in [-0.4, -0.2) is 24.0 Å². The first-order chi connectivity index (χ1) is 11.8. The van der Waals surface area contributed by atoms with Crippen LogP contribution in [0.3, 0.4) is 0 Å². The summed E-state index contributed by atoms with van der Waals surface area (Å²) in [6, 6.07) is 16.6. The Morgan fingerprint density at radius 3 is 2.20 bits per heavy atom. The Kier molecular flexibility index (Phi) is 6.17. The first-order valence-corrected chi connectivity index (χ1v) is 8.10. The highest BCUT2D eigenvalue weighted by Gasteiger charge is 2.17. The van der Waals surface area contributed by atoms with Crippen LogP contribution in [0.2, 0.25) is 0 Å². The molecule has 2 aromatic carbocycles. The lowest BCUT2D eigenvalue weighted by Crippen LogP contribution is -2.34. The first kappa shape index (κ1) is 18.5. The zero-order valence-corrected chi connectivity index (χ0v) is 14.7. The van der Waals surface area contributed by atoms with Gasteiger partial charge in [-0.15, -0.1) is 0 Å². The first-order valence-electron chi connectivity index (χ1n) is 8.10. The van der Waals surface area contributed by atoms with Gasteiger partial charge in [-0.3, -0.25) is 9.59 Å². The molecule has 1 amide bonds. The van der Waals surface area contributed by atoms with Crippen LogP contribution in [0.15, 0.2) is 54.6 Å². The summed E-state index contributed by atoms with van der Waals surface area (Å²) in [6.45, 7) is 5.60. The maximum atomic E-state index is 12.1. The SMILES string of the molecule is CC(C)(C)OC(=O)CNC(=O)c1ccc(COc2ccccc2)cc1. The van der Waals surface area contributed by atoms with Crippen molar-refractivity contribution in [3.63, 3.8) is 0 Å². The molecule has 0 unspecified atom stereocenters. The standard InChI is InChI=1S/C20H23NO4/c1-20(2,3)25-18(22)13-21-19(23)16-11-9-15(10-12-16)14-24-17-7-5-4-6-8-17/h4-12H,13-14H2,1-3H3,(H,21,23). The smallest absolute Gasteiger partial charge is 0.325 e. The van der Waals surface area contributed by atoms with Gasteiger partial charge >= 0.3 is 5.97 Å². The average molecular weight is 341 g/mol. The summed E-state index contributed by atoms with van der Waals surface area (Å²) >= 11 is 0. The van der Waals surface area contributed by atoms with E-state index in [2.05, 4.69) is 5.32 Å². The molecule has 0 aliphatic rings. The van der Waals surface area contributed by atoms with Gasteiger partial charge in [-0.1, -0.05) is 30.3 Å². The fourth-order valence-electron chi connectivity index (χ4n) is 2.07. The topological polar surface area (TPSA) is 64.6 Å². The number of rotatable bonds is 6. The molecule has 0 fully saturated rings. The third kappa shape index (κ3) is 6.67. The Hall–Kier alpha value is -2.82. The van der Waals surface area contributed by atoms with E-state index < -0.39 is 11.6 Å². The van der Waals surface area contributed by atoms with Crippen LogP contribution in [0.5, 0.6) is 5.75 Å². The Bertz CT molecular complexity index is 703. The quantitative estimate of drug-likeness (QED) is 0.819. The highest BCUT2D eigenvalue weighted by molar-refractivity contribution is 5.95. The van der Waals surface area contributed by atoms with Crippen molar-refractivity contribution in [1.29, 1.82) is 0 Å². The van der Waals surface area contributed by atoms with E-state index in [4.69, 9.17) is 9.47 Å². The van der Waals surface area contributed by atoms with Crippen molar-refractivity contribution in [3.05, 3.63) is 65.7 Å². The summed E-state index contributed by atoms with van der Waals surface area (Å²) in [5, 5.41) is 2.55. The summed E-state index contributed by atoms with van der Waals surface area (Å²) < 4.78 is 10.8. The monoisotopic (exact) mass is 341 g/mol. The zero-order chi connectivity index (χ0) is 18.3. The minimum Gasteiger partial charge on any atom is -0.489 e. The van der Waals surface area contributed by atoms with Crippen LogP contribution >= 0.6 is 0 Å². The molecule has 0 spiro atoms. The predicted octanol–water partition coefficient (Wildman–Crippen LogP) is 3.34. The van der Waals surface area contributed by atoms with E-state index in [1.807, 2.05) is 42.5 Å². The van der Waals surface area contributed by atoms with Crippen molar-refractivity contribution in [2.45, 2.75) is 33.0 Å². The fraction of sp³-hybridized carbons (Fsp3) is 0.300. The second-order valence-corrected chi connectivity index (χ2v) is 6.57. The van der Waals surface area contributed by atoms with E-state index >= 15 is 0 Å². The third-order valence-electron chi connectivity index (χ3n) is 3.18. The molecule has 5 heteroatoms. The second kappa shape index (κ2) is 8.33. The summed E-state index contributed by atoms with van der Waals surface area (Å²) in [7, 11) is 0. The number of ether oxygens (including phenoxy) is 2. The number of benzene rings is 2. The maximum absolute atomic E-state index is 12.1. The van der Waals surface area contributed by atoms with Gasteiger partial charge in [0.05, 0.1) is 0 Å². The fourth-order valence-corrected chi connectivity index (χ4v) is 2.07. The molecule has 25 heavy (non-hydrogen) atoms. The number of para-hydroxylation sites is 1. The van der Waals surface area contributed by atoms with Gasteiger partial charge in [0, 0.05) is 5.56 Å². The Labute approximate surface area is 148 Å². The normalized spacial score (nSPS) is 10.8. The molecule has 0 aromatic heterocycles. The van der Waals surface area contributed by atoms with E-state index in [-0.39, 0.29) is 12.5 Å². The molecule has 0 atom stereocenters. The van der Waals surface area contributed by atoms with E-state index in [0.717, 1.165) is 11.3 Å². The van der Waals surface area contributed by atoms with Gasteiger partial charge in [0.2, 0.25) is 0 Å². The molecule has 0 heterocycles. The van der Waals surface area contributed by atoms with Crippen LogP contribution in [0.4, 0.5) is 0 Å². The zero-order valence-electron chi connectivity index (χ0n) is 14.7. The molecule has 0 saturated carbocycles. The lowest BCUT2D eigenvalue weighted by atomic mass is 10.1. The summed E-state index contributed by atoms with van der Waals surface area (Å²) in [5.41, 5.74) is 0.863. The molecular weight excluding hydrogens is 318 g/mol. The molecule has 0 aliphatic carbocycles. The van der Waals surface area contributed by atoms with E-state index in [0.29, 0.717) is 12.2 Å². The van der Waals surface area contributed by atoms with Crippen LogP contribution in [0.1, 0.15) is 36.7 Å². The van der Waals surface area contributed by atoms with Crippen LogP contribution < -0.4 is 10.1 Å². The minimum absolute atomic E-state index is 0.158. The van der Waals surface area contributed by atoms with E-state index in [1.54, 1.807) is 32.9 Å². The minimum atomic E-state index is -0.567. The predicted molar refractivity (Wildman–Crippen MR) is 95.4 cm³/mol. The average Bonchev–Trinajstić information content (AvgIpc) is 2.58. The van der Waals surface area contributed by atoms with Crippen molar-refractivity contribution in [1.82, 2.24) is 5.32 Å². The van der Waals surface area contributed by atoms with Gasteiger partial charge in [-0.05, 0) is 50.6 Å².